The number of allylic oxidation sites excluding steroid dienone is 2. The van der Waals surface area contributed by atoms with Crippen molar-refractivity contribution in [2.75, 3.05) is 0 Å². The molecule has 4 atom stereocenters. The lowest BCUT2D eigenvalue weighted by Gasteiger charge is -2.11. The average molecular weight is 180 g/mol. The third kappa shape index (κ3) is 0.452. The molecule has 0 N–H and O–H groups in total. The zero-order chi connectivity index (χ0) is 10.2. The van der Waals surface area contributed by atoms with Crippen LogP contribution >= 0.6 is 0 Å². The summed E-state index contributed by atoms with van der Waals surface area (Å²) in [5.41, 5.74) is 2.33. The van der Waals surface area contributed by atoms with Crippen molar-refractivity contribution < 1.29 is 1.37 Å². The topological polar surface area (TPSA) is 23.8 Å². The molecule has 3 aliphatic rings. The quantitative estimate of drug-likeness (QED) is 0.563. The van der Waals surface area contributed by atoms with Crippen LogP contribution in [0.2, 0.25) is 0 Å². The fraction of sp³-hybridized carbons (Fsp3) is 0.308. The highest BCUT2D eigenvalue weighted by atomic mass is 14.8. The van der Waals surface area contributed by atoms with Crippen LogP contribution in [0.3, 0.4) is 0 Å². The Kier molecular flexibility index (Phi) is 0.770. The first-order chi connectivity index (χ1) is 7.30. The Balaban J connectivity index is 2.03. The van der Waals surface area contributed by atoms with E-state index in [9.17, 15) is 5.26 Å². The summed E-state index contributed by atoms with van der Waals surface area (Å²) in [6.07, 6.45) is 1.98. The molecule has 1 aromatic carbocycles. The highest BCUT2D eigenvalue weighted by Gasteiger charge is 2.74. The van der Waals surface area contributed by atoms with Crippen molar-refractivity contribution >= 4 is 0 Å². The van der Waals surface area contributed by atoms with E-state index in [1.165, 1.54) is 11.1 Å². The van der Waals surface area contributed by atoms with Gasteiger partial charge in [0.05, 0.1) is 12.9 Å². The first kappa shape index (κ1) is 6.03. The lowest BCUT2D eigenvalue weighted by atomic mass is 9.90. The Morgan fingerprint density at radius 1 is 1.36 bits per heavy atom. The smallest absolute Gasteiger partial charge is 0.0820 e. The van der Waals surface area contributed by atoms with Crippen LogP contribution in [0.15, 0.2) is 36.4 Å². The van der Waals surface area contributed by atoms with Crippen LogP contribution < -0.4 is 0 Å². The van der Waals surface area contributed by atoms with E-state index in [1.807, 2.05) is 18.2 Å². The van der Waals surface area contributed by atoms with E-state index >= 15 is 0 Å². The molecule has 0 aromatic heterocycles. The number of rotatable bonds is 0. The minimum atomic E-state index is -0.263. The second kappa shape index (κ2) is 1.79. The first-order valence-electron chi connectivity index (χ1n) is 5.49. The molecule has 1 nitrogen and oxygen atoms in total. The maximum absolute atomic E-state index is 9.37. The summed E-state index contributed by atoms with van der Waals surface area (Å²) in [5, 5.41) is 9.37. The van der Waals surface area contributed by atoms with Gasteiger partial charge in [-0.05, 0) is 11.1 Å². The SMILES string of the molecule is [2H]C1=CC2c3ccccc3C3C1C23C#N. The molecule has 0 amide bonds. The van der Waals surface area contributed by atoms with Crippen molar-refractivity contribution in [1.82, 2.24) is 0 Å². The van der Waals surface area contributed by atoms with Gasteiger partial charge in [0.1, 0.15) is 0 Å². The van der Waals surface area contributed by atoms with Gasteiger partial charge < -0.3 is 0 Å². The average Bonchev–Trinajstić information content (AvgIpc) is 2.81. The normalized spacial score (nSPS) is 46.1. The van der Waals surface area contributed by atoms with Crippen molar-refractivity contribution in [2.24, 2.45) is 11.3 Å². The predicted molar refractivity (Wildman–Crippen MR) is 52.6 cm³/mol. The second-order valence-corrected chi connectivity index (χ2v) is 4.44. The third-order valence-corrected chi connectivity index (χ3v) is 4.07. The molecule has 4 rings (SSSR count). The minimum absolute atomic E-state index is 0.196. The molecule has 1 aromatic rings. The number of nitriles is 1. The second-order valence-electron chi connectivity index (χ2n) is 4.44. The van der Waals surface area contributed by atoms with E-state index in [-0.39, 0.29) is 17.3 Å². The van der Waals surface area contributed by atoms with Gasteiger partial charge in [-0.25, -0.2) is 0 Å². The van der Waals surface area contributed by atoms with Crippen molar-refractivity contribution in [3.8, 4) is 6.07 Å². The minimum Gasteiger partial charge on any atom is -0.198 e. The third-order valence-electron chi connectivity index (χ3n) is 4.07. The standard InChI is InChI=1S/C13H9N/c14-7-13-10-5-6-11(13)12(13)9-4-2-1-3-8(9)10/h1-6,10-12H/i6D. The lowest BCUT2D eigenvalue weighted by Crippen LogP contribution is -2.05. The Morgan fingerprint density at radius 2 is 2.14 bits per heavy atom. The molecule has 0 saturated heterocycles. The van der Waals surface area contributed by atoms with E-state index < -0.39 is 0 Å². The van der Waals surface area contributed by atoms with Crippen LogP contribution in [0.1, 0.15) is 24.3 Å². The van der Waals surface area contributed by atoms with Crippen LogP contribution in [0.4, 0.5) is 0 Å². The number of fused-ring (bicyclic) bond motifs is 4. The first-order valence-corrected chi connectivity index (χ1v) is 4.99. The molecule has 66 valence electrons. The number of benzene rings is 1. The van der Waals surface area contributed by atoms with Crippen LogP contribution in [0.25, 0.3) is 0 Å². The van der Waals surface area contributed by atoms with Gasteiger partial charge in [0.15, 0.2) is 0 Å². The van der Waals surface area contributed by atoms with Gasteiger partial charge in [-0.15, -0.1) is 0 Å². The molecule has 14 heavy (non-hydrogen) atoms. The van der Waals surface area contributed by atoms with Gasteiger partial charge in [0, 0.05) is 17.8 Å². The summed E-state index contributed by atoms with van der Waals surface area (Å²) in [7, 11) is 0. The van der Waals surface area contributed by atoms with E-state index in [1.54, 1.807) is 0 Å². The van der Waals surface area contributed by atoms with E-state index in [0.717, 1.165) is 0 Å². The molecule has 1 fully saturated rings. The highest BCUT2D eigenvalue weighted by Crippen LogP contribution is 2.79. The van der Waals surface area contributed by atoms with Gasteiger partial charge in [-0.3, -0.25) is 0 Å². The molecule has 0 aliphatic heterocycles. The van der Waals surface area contributed by atoms with Gasteiger partial charge in [0.25, 0.3) is 0 Å². The fourth-order valence-electron chi connectivity index (χ4n) is 3.44. The molecule has 4 unspecified atom stereocenters. The molecular formula is C13H9N. The van der Waals surface area contributed by atoms with Gasteiger partial charge in [0.2, 0.25) is 0 Å². The van der Waals surface area contributed by atoms with Crippen LogP contribution in [-0.4, -0.2) is 0 Å². The maximum Gasteiger partial charge on any atom is 0.0820 e. The fourth-order valence-corrected chi connectivity index (χ4v) is 3.44. The van der Waals surface area contributed by atoms with Crippen molar-refractivity contribution in [2.45, 2.75) is 11.8 Å². The van der Waals surface area contributed by atoms with Crippen LogP contribution in [-0.2, 0) is 0 Å². The van der Waals surface area contributed by atoms with Crippen LogP contribution in [0, 0.1) is 22.7 Å². The Hall–Kier alpha value is -1.55. The zero-order valence-corrected chi connectivity index (χ0v) is 7.57. The predicted octanol–water partition coefficient (Wildman–Crippen LogP) is 2.58. The highest BCUT2D eigenvalue weighted by molar-refractivity contribution is 5.61. The monoisotopic (exact) mass is 180 g/mol. The van der Waals surface area contributed by atoms with E-state index in [4.69, 9.17) is 1.37 Å². The van der Waals surface area contributed by atoms with Crippen molar-refractivity contribution in [3.63, 3.8) is 0 Å². The van der Waals surface area contributed by atoms with Crippen molar-refractivity contribution in [3.05, 3.63) is 47.5 Å². The van der Waals surface area contributed by atoms with E-state index in [0.29, 0.717) is 12.0 Å². The summed E-state index contributed by atoms with van der Waals surface area (Å²) in [4.78, 5) is 0. The van der Waals surface area contributed by atoms with E-state index in [2.05, 4.69) is 18.2 Å². The Labute approximate surface area is 84.1 Å². The van der Waals surface area contributed by atoms with Crippen LogP contribution in [0.5, 0.6) is 0 Å². The Bertz CT molecular complexity index is 554. The number of nitrogens with zero attached hydrogens (tertiary/aromatic N) is 1. The molecule has 0 heterocycles. The maximum atomic E-state index is 9.37. The largest absolute Gasteiger partial charge is 0.198 e. The summed E-state index contributed by atoms with van der Waals surface area (Å²) < 4.78 is 7.89. The van der Waals surface area contributed by atoms with Crippen molar-refractivity contribution in [1.29, 1.82) is 5.26 Å². The molecule has 1 saturated carbocycles. The number of hydrogen-bond acceptors (Lipinski definition) is 1. The summed E-state index contributed by atoms with van der Waals surface area (Å²) in [5.74, 6) is 0.713. The number of hydrogen-bond donors (Lipinski definition) is 0. The molecule has 0 radical (unpaired) electrons. The molecular weight excluding hydrogens is 170 g/mol. The zero-order valence-electron chi connectivity index (χ0n) is 8.57. The molecule has 0 bridgehead atoms. The summed E-state index contributed by atoms with van der Waals surface area (Å²) >= 11 is 0. The van der Waals surface area contributed by atoms with Gasteiger partial charge >= 0.3 is 0 Å². The Morgan fingerprint density at radius 3 is 2.93 bits per heavy atom. The van der Waals surface area contributed by atoms with Gasteiger partial charge in [-0.1, -0.05) is 36.4 Å². The summed E-state index contributed by atoms with van der Waals surface area (Å²) in [6, 6.07) is 11.5. The molecule has 3 aliphatic carbocycles. The summed E-state index contributed by atoms with van der Waals surface area (Å²) in [6.45, 7) is 0. The lowest BCUT2D eigenvalue weighted by molar-refractivity contribution is 0.600. The molecule has 1 heteroatoms. The molecule has 0 spiro atoms. The van der Waals surface area contributed by atoms with Gasteiger partial charge in [-0.2, -0.15) is 5.26 Å².